The van der Waals surface area contributed by atoms with Crippen molar-refractivity contribution in [1.82, 2.24) is 5.32 Å². The van der Waals surface area contributed by atoms with Crippen molar-refractivity contribution in [1.29, 1.82) is 0 Å². The van der Waals surface area contributed by atoms with Crippen LogP contribution in [0.4, 0.5) is 0 Å². The second kappa shape index (κ2) is 56.2. The third-order valence-electron chi connectivity index (χ3n) is 13.3. The predicted molar refractivity (Wildman–Crippen MR) is 301 cm³/mol. The normalized spacial score (nSPS) is 13.6. The van der Waals surface area contributed by atoms with Crippen molar-refractivity contribution in [3.8, 4) is 0 Å². The van der Waals surface area contributed by atoms with Gasteiger partial charge in [0.2, 0.25) is 5.91 Å². The van der Waals surface area contributed by atoms with Gasteiger partial charge in [-0.15, -0.1) is 0 Å². The maximum Gasteiger partial charge on any atom is 0.306 e. The van der Waals surface area contributed by atoms with Crippen molar-refractivity contribution in [3.63, 3.8) is 0 Å². The van der Waals surface area contributed by atoms with Crippen LogP contribution < -0.4 is 5.32 Å². The number of amides is 1. The van der Waals surface area contributed by atoms with E-state index in [9.17, 15) is 19.8 Å². The maximum atomic E-state index is 13.3. The minimum atomic E-state index is -0.801. The summed E-state index contributed by atoms with van der Waals surface area (Å²) < 4.78 is 5.95. The molecule has 0 bridgehead atoms. The summed E-state index contributed by atoms with van der Waals surface area (Å²) in [5.74, 6) is -0.520. The Hall–Kier alpha value is -2.70. The number of esters is 1. The molecule has 0 aromatic heterocycles. The van der Waals surface area contributed by atoms with Gasteiger partial charge in [0.15, 0.2) is 0 Å². The Kier molecular flexibility index (Phi) is 54.0. The van der Waals surface area contributed by atoms with Crippen LogP contribution in [-0.2, 0) is 14.3 Å². The summed E-state index contributed by atoms with van der Waals surface area (Å²) in [5.41, 5.74) is 0. The van der Waals surface area contributed by atoms with Crippen molar-refractivity contribution < 1.29 is 24.5 Å². The number of unbranched alkanes of at least 4 members (excludes halogenated alkanes) is 29. The molecule has 69 heavy (non-hydrogen) atoms. The molecule has 0 aliphatic rings. The zero-order chi connectivity index (χ0) is 50.2. The van der Waals surface area contributed by atoms with Crippen molar-refractivity contribution in [2.24, 2.45) is 0 Å². The van der Waals surface area contributed by atoms with E-state index < -0.39 is 18.2 Å². The van der Waals surface area contributed by atoms with Gasteiger partial charge in [0.05, 0.1) is 25.2 Å². The van der Waals surface area contributed by atoms with E-state index in [2.05, 4.69) is 99.0 Å². The van der Waals surface area contributed by atoms with Crippen molar-refractivity contribution >= 4 is 11.9 Å². The Bertz CT molecular complexity index is 1270. The molecule has 3 unspecified atom stereocenters. The molecule has 0 spiro atoms. The molecule has 0 saturated carbocycles. The molecular formula is C63H113NO5. The fourth-order valence-electron chi connectivity index (χ4n) is 8.81. The van der Waals surface area contributed by atoms with E-state index in [0.717, 1.165) is 109 Å². The molecule has 0 fully saturated rings. The zero-order valence-electron chi connectivity index (χ0n) is 45.7. The highest BCUT2D eigenvalue weighted by molar-refractivity contribution is 5.77. The number of nitrogens with one attached hydrogen (secondary N) is 1. The molecule has 6 heteroatoms. The molecule has 6 nitrogen and oxygen atoms in total. The van der Waals surface area contributed by atoms with Gasteiger partial charge in [-0.1, -0.05) is 254 Å². The number of allylic oxidation sites excluding steroid dienone is 12. The Morgan fingerprint density at radius 3 is 1.22 bits per heavy atom. The first-order valence-corrected chi connectivity index (χ1v) is 29.7. The number of rotatable bonds is 53. The molecule has 400 valence electrons. The van der Waals surface area contributed by atoms with Gasteiger partial charge in [-0.05, 0) is 96.3 Å². The van der Waals surface area contributed by atoms with E-state index >= 15 is 0 Å². The minimum Gasteiger partial charge on any atom is -0.462 e. The van der Waals surface area contributed by atoms with Gasteiger partial charge >= 0.3 is 5.97 Å². The van der Waals surface area contributed by atoms with Crippen molar-refractivity contribution in [2.45, 2.75) is 309 Å². The van der Waals surface area contributed by atoms with Gasteiger partial charge in [-0.25, -0.2) is 0 Å². The third-order valence-corrected chi connectivity index (χ3v) is 13.3. The largest absolute Gasteiger partial charge is 0.462 e. The Balaban J connectivity index is 4.64. The highest BCUT2D eigenvalue weighted by Crippen LogP contribution is 2.18. The number of hydrogen-bond donors (Lipinski definition) is 3. The smallest absolute Gasteiger partial charge is 0.306 e. The van der Waals surface area contributed by atoms with Crippen molar-refractivity contribution in [3.05, 3.63) is 72.9 Å². The SMILES string of the molecule is CC/C=C\C/C=C\C/C=C\C/C=C\C/C=C\CCCCCC(=O)OC(CCCCC/C=C/CCCCCCCCCCC)CC(=O)NC(CO)C(O)CCCCCCCCCCCCCCCCC. The molecule has 3 N–H and O–H groups in total. The van der Waals surface area contributed by atoms with E-state index in [1.165, 1.54) is 135 Å². The summed E-state index contributed by atoms with van der Waals surface area (Å²) in [7, 11) is 0. The summed E-state index contributed by atoms with van der Waals surface area (Å²) in [6.07, 6.45) is 72.5. The quantitative estimate of drug-likeness (QED) is 0.0321. The second-order valence-electron chi connectivity index (χ2n) is 20.0. The predicted octanol–water partition coefficient (Wildman–Crippen LogP) is 18.5. The lowest BCUT2D eigenvalue weighted by atomic mass is 10.0. The first kappa shape index (κ1) is 66.3. The number of ether oxygens (including phenoxy) is 1. The van der Waals surface area contributed by atoms with E-state index in [1.807, 2.05) is 0 Å². The number of carbonyl (C=O) groups excluding carboxylic acids is 2. The second-order valence-corrected chi connectivity index (χ2v) is 20.0. The summed E-state index contributed by atoms with van der Waals surface area (Å²) in [6, 6.07) is -0.717. The van der Waals surface area contributed by atoms with E-state index in [1.54, 1.807) is 0 Å². The van der Waals surface area contributed by atoms with Crippen LogP contribution in [0.15, 0.2) is 72.9 Å². The molecule has 0 aromatic rings. The van der Waals surface area contributed by atoms with Crippen LogP contribution in [0.2, 0.25) is 0 Å². The van der Waals surface area contributed by atoms with E-state index in [0.29, 0.717) is 19.3 Å². The highest BCUT2D eigenvalue weighted by Gasteiger charge is 2.24. The average Bonchev–Trinajstić information content (AvgIpc) is 3.34. The minimum absolute atomic E-state index is 0.0522. The Morgan fingerprint density at radius 1 is 0.435 bits per heavy atom. The van der Waals surface area contributed by atoms with Crippen LogP contribution in [0.25, 0.3) is 0 Å². The summed E-state index contributed by atoms with van der Waals surface area (Å²) >= 11 is 0. The number of aliphatic hydroxyl groups is 2. The molecule has 3 atom stereocenters. The van der Waals surface area contributed by atoms with Gasteiger partial charge in [-0.2, -0.15) is 0 Å². The average molecular weight is 965 g/mol. The first-order chi connectivity index (χ1) is 34.0. The molecule has 0 aromatic carbocycles. The highest BCUT2D eigenvalue weighted by atomic mass is 16.5. The van der Waals surface area contributed by atoms with Crippen LogP contribution in [0, 0.1) is 0 Å². The Labute approximate surface area is 428 Å². The number of carbonyl (C=O) groups is 2. The molecule has 0 aliphatic carbocycles. The number of hydrogen-bond acceptors (Lipinski definition) is 5. The molecule has 0 saturated heterocycles. The lowest BCUT2D eigenvalue weighted by molar-refractivity contribution is -0.151. The molecule has 0 radical (unpaired) electrons. The molecule has 0 rings (SSSR count). The fourth-order valence-corrected chi connectivity index (χ4v) is 8.81. The fraction of sp³-hybridized carbons (Fsp3) is 0.778. The van der Waals surface area contributed by atoms with Gasteiger partial charge in [-0.3, -0.25) is 9.59 Å². The van der Waals surface area contributed by atoms with Crippen molar-refractivity contribution in [2.75, 3.05) is 6.61 Å². The Morgan fingerprint density at radius 2 is 0.783 bits per heavy atom. The van der Waals surface area contributed by atoms with Gasteiger partial charge < -0.3 is 20.3 Å². The van der Waals surface area contributed by atoms with Crippen LogP contribution in [0.5, 0.6) is 0 Å². The van der Waals surface area contributed by atoms with Crippen LogP contribution in [0.3, 0.4) is 0 Å². The van der Waals surface area contributed by atoms with E-state index in [4.69, 9.17) is 4.74 Å². The number of aliphatic hydroxyl groups excluding tert-OH is 2. The lowest BCUT2D eigenvalue weighted by Gasteiger charge is -2.24. The maximum absolute atomic E-state index is 13.3. The third kappa shape index (κ3) is 51.5. The van der Waals surface area contributed by atoms with Gasteiger partial charge in [0.1, 0.15) is 6.10 Å². The topological polar surface area (TPSA) is 95.9 Å². The molecule has 1 amide bonds. The zero-order valence-corrected chi connectivity index (χ0v) is 45.7. The van der Waals surface area contributed by atoms with Gasteiger partial charge in [0, 0.05) is 6.42 Å². The molecule has 0 aliphatic heterocycles. The summed E-state index contributed by atoms with van der Waals surface area (Å²) in [6.45, 7) is 6.39. The first-order valence-electron chi connectivity index (χ1n) is 29.7. The van der Waals surface area contributed by atoms with Crippen LogP contribution >= 0.6 is 0 Å². The molecule has 0 heterocycles. The lowest BCUT2D eigenvalue weighted by Crippen LogP contribution is -2.46. The van der Waals surface area contributed by atoms with Crippen LogP contribution in [-0.4, -0.2) is 46.9 Å². The van der Waals surface area contributed by atoms with Crippen LogP contribution in [0.1, 0.15) is 290 Å². The van der Waals surface area contributed by atoms with Gasteiger partial charge in [0.25, 0.3) is 0 Å². The standard InChI is InChI=1S/C63H113NO5/c1-4-7-10-13-16-19-22-25-28-30-31-32-35-38-41-44-47-50-53-56-63(68)69-59(54-51-48-45-42-39-36-34-29-26-23-20-17-14-11-8-5-2)57-62(67)64-60(58-65)61(66)55-52-49-46-43-40-37-33-27-24-21-18-15-12-9-6-3/h7,10,16,19,25,28,31-32,36,38-39,41,59-61,65-66H,4-6,8-9,11-15,17-18,20-24,26-27,29-30,33-35,37,40,42-58H2,1-3H3,(H,64,67)/b10-7-,19-16-,28-25-,32-31-,39-36+,41-38-. The van der Waals surface area contributed by atoms with E-state index in [-0.39, 0.29) is 24.9 Å². The summed E-state index contributed by atoms with van der Waals surface area (Å²) in [5, 5.41) is 23.9. The summed E-state index contributed by atoms with van der Waals surface area (Å²) in [4.78, 5) is 26.3. The molecular weight excluding hydrogens is 851 g/mol. The monoisotopic (exact) mass is 964 g/mol.